The fraction of sp³-hybridized carbons (Fsp3) is 0.278. The number of nitrogens with zero attached hydrogens (tertiary/aromatic N) is 2. The summed E-state index contributed by atoms with van der Waals surface area (Å²) in [7, 11) is 0. The molecule has 0 bridgehead atoms. The molecule has 0 saturated carbocycles. The summed E-state index contributed by atoms with van der Waals surface area (Å²) in [6.07, 6.45) is 2.79. The molecule has 0 N–H and O–H groups in total. The number of carbonyl (C=O) groups excluding carboxylic acids is 1. The minimum atomic E-state index is -0.568. The molecule has 5 heteroatoms. The third-order valence-corrected chi connectivity index (χ3v) is 4.12. The fourth-order valence-electron chi connectivity index (χ4n) is 2.29. The van der Waals surface area contributed by atoms with E-state index in [9.17, 15) is 4.79 Å². The largest absolute Gasteiger partial charge is 0.448 e. The molecule has 120 valence electrons. The lowest BCUT2D eigenvalue weighted by Crippen LogP contribution is -1.97. The van der Waals surface area contributed by atoms with Crippen molar-refractivity contribution < 1.29 is 9.53 Å². The molecule has 0 aliphatic rings. The number of aliphatic imine (C=N–C) groups is 2. The van der Waals surface area contributed by atoms with Gasteiger partial charge in [-0.3, -0.25) is 4.99 Å². The van der Waals surface area contributed by atoms with Crippen LogP contribution in [0.25, 0.3) is 0 Å². The van der Waals surface area contributed by atoms with Gasteiger partial charge in [-0.2, -0.15) is 4.99 Å². The van der Waals surface area contributed by atoms with Crippen molar-refractivity contribution >= 4 is 35.5 Å². The predicted octanol–water partition coefficient (Wildman–Crippen LogP) is 5.00. The molecule has 23 heavy (non-hydrogen) atoms. The first-order chi connectivity index (χ1) is 11.0. The molecule has 2 aromatic rings. The normalized spacial score (nSPS) is 11.5. The average Bonchev–Trinajstić information content (AvgIpc) is 2.92. The van der Waals surface area contributed by atoms with Crippen LogP contribution in [0.5, 0.6) is 0 Å². The Morgan fingerprint density at radius 2 is 1.74 bits per heavy atom. The van der Waals surface area contributed by atoms with Crippen LogP contribution in [-0.4, -0.2) is 25.1 Å². The summed E-state index contributed by atoms with van der Waals surface area (Å²) in [5, 5.41) is 0. The maximum absolute atomic E-state index is 11.2. The molecular formula is C18H20N2O2S. The fourth-order valence-corrected chi connectivity index (χ4v) is 3.04. The first kappa shape index (κ1) is 17.1. The van der Waals surface area contributed by atoms with Crippen molar-refractivity contribution in [2.24, 2.45) is 9.98 Å². The number of carbonyl (C=O) groups is 1. The topological polar surface area (TPSA) is 51.0 Å². The van der Waals surface area contributed by atoms with Gasteiger partial charge in [0.2, 0.25) is 0 Å². The summed E-state index contributed by atoms with van der Waals surface area (Å²) < 4.78 is 4.75. The number of rotatable bonds is 4. The van der Waals surface area contributed by atoms with Crippen LogP contribution in [0.4, 0.5) is 10.5 Å². The van der Waals surface area contributed by atoms with E-state index in [-0.39, 0.29) is 0 Å². The van der Waals surface area contributed by atoms with Crippen LogP contribution in [0.2, 0.25) is 0 Å². The first-order valence-corrected chi connectivity index (χ1v) is 8.24. The molecule has 2 rings (SSSR count). The van der Waals surface area contributed by atoms with E-state index in [2.05, 4.69) is 42.9 Å². The predicted molar refractivity (Wildman–Crippen MR) is 96.8 cm³/mol. The van der Waals surface area contributed by atoms with Crippen molar-refractivity contribution in [3.8, 4) is 0 Å². The molecular weight excluding hydrogens is 308 g/mol. The number of benzene rings is 1. The van der Waals surface area contributed by atoms with E-state index in [1.807, 2.05) is 18.3 Å². The van der Waals surface area contributed by atoms with Gasteiger partial charge >= 0.3 is 6.09 Å². The van der Waals surface area contributed by atoms with Gasteiger partial charge in [-0.25, -0.2) is 4.79 Å². The van der Waals surface area contributed by atoms with Gasteiger partial charge < -0.3 is 4.74 Å². The minimum Gasteiger partial charge on any atom is -0.448 e. The van der Waals surface area contributed by atoms with Crippen molar-refractivity contribution in [1.29, 1.82) is 0 Å². The van der Waals surface area contributed by atoms with Crippen LogP contribution in [-0.2, 0) is 4.74 Å². The van der Waals surface area contributed by atoms with Crippen molar-refractivity contribution in [3.63, 3.8) is 0 Å². The van der Waals surface area contributed by atoms with Crippen LogP contribution < -0.4 is 0 Å². The van der Waals surface area contributed by atoms with Crippen LogP contribution in [0.3, 0.4) is 0 Å². The van der Waals surface area contributed by atoms with Crippen molar-refractivity contribution in [2.75, 3.05) is 6.61 Å². The molecule has 0 fully saturated rings. The summed E-state index contributed by atoms with van der Waals surface area (Å²) in [5.74, 6) is 0. The summed E-state index contributed by atoms with van der Waals surface area (Å²) in [5.41, 5.74) is 4.58. The first-order valence-electron chi connectivity index (χ1n) is 7.42. The summed E-state index contributed by atoms with van der Waals surface area (Å²) in [4.78, 5) is 21.4. The van der Waals surface area contributed by atoms with Crippen LogP contribution in [0.1, 0.15) is 33.4 Å². The second-order valence-corrected chi connectivity index (χ2v) is 6.35. The number of ether oxygens (including phenoxy) is 1. The Hall–Kier alpha value is -2.27. The zero-order valence-electron chi connectivity index (χ0n) is 13.8. The molecule has 1 aromatic heterocycles. The van der Waals surface area contributed by atoms with Gasteiger partial charge in [0.05, 0.1) is 18.5 Å². The molecule has 1 aromatic carbocycles. The van der Waals surface area contributed by atoms with E-state index in [4.69, 9.17) is 4.74 Å². The van der Waals surface area contributed by atoms with Gasteiger partial charge in [0.1, 0.15) is 0 Å². The minimum absolute atomic E-state index is 0.327. The SMILES string of the molecule is CCOC(=O)/N=C/c1ccc(C=Nc2c(C)cc(C)cc2C)s1. The van der Waals surface area contributed by atoms with Gasteiger partial charge in [0.25, 0.3) is 0 Å². The quantitative estimate of drug-likeness (QED) is 0.742. The number of amides is 1. The number of aryl methyl sites for hydroxylation is 3. The summed E-state index contributed by atoms with van der Waals surface area (Å²) in [6, 6.07) is 8.13. The highest BCUT2D eigenvalue weighted by Gasteiger charge is 2.02. The van der Waals surface area contributed by atoms with E-state index in [1.54, 1.807) is 6.92 Å². The third-order valence-electron chi connectivity index (χ3n) is 3.17. The Morgan fingerprint density at radius 1 is 1.13 bits per heavy atom. The Bertz CT molecular complexity index is 737. The van der Waals surface area contributed by atoms with Gasteiger partial charge in [-0.05, 0) is 51.0 Å². The lowest BCUT2D eigenvalue weighted by molar-refractivity contribution is 0.164. The Morgan fingerprint density at radius 3 is 2.35 bits per heavy atom. The highest BCUT2D eigenvalue weighted by molar-refractivity contribution is 7.15. The van der Waals surface area contributed by atoms with E-state index in [1.165, 1.54) is 34.2 Å². The van der Waals surface area contributed by atoms with Crippen molar-refractivity contribution in [2.45, 2.75) is 27.7 Å². The average molecular weight is 328 g/mol. The zero-order valence-corrected chi connectivity index (χ0v) is 14.6. The van der Waals surface area contributed by atoms with Crippen molar-refractivity contribution in [1.82, 2.24) is 0 Å². The van der Waals surface area contributed by atoms with Crippen LogP contribution in [0, 0.1) is 20.8 Å². The highest BCUT2D eigenvalue weighted by Crippen LogP contribution is 2.25. The van der Waals surface area contributed by atoms with Crippen LogP contribution >= 0.6 is 11.3 Å². The van der Waals surface area contributed by atoms with Gasteiger partial charge in [-0.15, -0.1) is 11.3 Å². The molecule has 0 saturated heterocycles. The Labute approximate surface area is 140 Å². The van der Waals surface area contributed by atoms with Gasteiger partial charge in [-0.1, -0.05) is 17.7 Å². The maximum Gasteiger partial charge on any atom is 0.433 e. The summed E-state index contributed by atoms with van der Waals surface area (Å²) in [6.45, 7) is 8.30. The van der Waals surface area contributed by atoms with E-state index >= 15 is 0 Å². The standard InChI is InChI=1S/C18H20N2O2S/c1-5-22-18(21)20-11-16-7-6-15(23-16)10-19-17-13(3)8-12(2)9-14(17)4/h6-11H,5H2,1-4H3/b19-10?,20-11+. The number of thiophene rings is 1. The molecule has 0 radical (unpaired) electrons. The third kappa shape index (κ3) is 4.86. The number of hydrogen-bond acceptors (Lipinski definition) is 4. The smallest absolute Gasteiger partial charge is 0.433 e. The van der Waals surface area contributed by atoms with E-state index in [0.717, 1.165) is 15.4 Å². The molecule has 1 amide bonds. The Balaban J connectivity index is 2.12. The summed E-state index contributed by atoms with van der Waals surface area (Å²) >= 11 is 1.52. The maximum atomic E-state index is 11.2. The molecule has 0 aliphatic carbocycles. The zero-order chi connectivity index (χ0) is 16.8. The van der Waals surface area contributed by atoms with Crippen LogP contribution in [0.15, 0.2) is 34.3 Å². The van der Waals surface area contributed by atoms with Gasteiger partial charge in [0, 0.05) is 16.0 Å². The molecule has 4 nitrogen and oxygen atoms in total. The van der Waals surface area contributed by atoms with E-state index < -0.39 is 6.09 Å². The second-order valence-electron chi connectivity index (χ2n) is 5.20. The number of hydrogen-bond donors (Lipinski definition) is 0. The molecule has 0 atom stereocenters. The lowest BCUT2D eigenvalue weighted by atomic mass is 10.1. The van der Waals surface area contributed by atoms with Gasteiger partial charge in [0.15, 0.2) is 0 Å². The lowest BCUT2D eigenvalue weighted by Gasteiger charge is -2.05. The monoisotopic (exact) mass is 328 g/mol. The molecule has 0 spiro atoms. The Kier molecular flexibility index (Phi) is 5.82. The molecule has 0 unspecified atom stereocenters. The highest BCUT2D eigenvalue weighted by atomic mass is 32.1. The molecule has 1 heterocycles. The van der Waals surface area contributed by atoms with E-state index in [0.29, 0.717) is 6.61 Å². The van der Waals surface area contributed by atoms with Crippen molar-refractivity contribution in [3.05, 3.63) is 50.7 Å². The molecule has 0 aliphatic heterocycles. The second kappa shape index (κ2) is 7.83.